The van der Waals surface area contributed by atoms with Gasteiger partial charge in [0.2, 0.25) is 5.89 Å². The maximum Gasteiger partial charge on any atom is 0.226 e. The van der Waals surface area contributed by atoms with Gasteiger partial charge in [0, 0.05) is 5.56 Å². The highest BCUT2D eigenvalue weighted by Gasteiger charge is 2.24. The van der Waals surface area contributed by atoms with E-state index in [1.807, 2.05) is 18.2 Å². The minimum absolute atomic E-state index is 0.215. The van der Waals surface area contributed by atoms with Crippen LogP contribution in [0.5, 0.6) is 0 Å². The van der Waals surface area contributed by atoms with Crippen molar-refractivity contribution in [1.29, 1.82) is 0 Å². The Morgan fingerprint density at radius 2 is 1.75 bits per heavy atom. The summed E-state index contributed by atoms with van der Waals surface area (Å²) < 4.78 is 43.4. The van der Waals surface area contributed by atoms with Crippen molar-refractivity contribution in [3.8, 4) is 11.5 Å². The SMILES string of the molecule is CC(c1ccccc1)S(=O)(=O)Cc1coc(-c2ccc(F)cc2)n1. The summed E-state index contributed by atoms with van der Waals surface area (Å²) in [5.74, 6) is -0.300. The van der Waals surface area contributed by atoms with E-state index >= 15 is 0 Å². The monoisotopic (exact) mass is 345 g/mol. The van der Waals surface area contributed by atoms with Gasteiger partial charge in [0.05, 0.1) is 16.7 Å². The molecule has 0 aliphatic carbocycles. The minimum atomic E-state index is -3.42. The van der Waals surface area contributed by atoms with Crippen LogP contribution in [0.2, 0.25) is 0 Å². The van der Waals surface area contributed by atoms with Crippen LogP contribution in [0.3, 0.4) is 0 Å². The second-order valence-corrected chi connectivity index (χ2v) is 7.83. The van der Waals surface area contributed by atoms with Gasteiger partial charge in [-0.2, -0.15) is 0 Å². The van der Waals surface area contributed by atoms with Crippen molar-refractivity contribution < 1.29 is 17.2 Å². The second kappa shape index (κ2) is 6.57. The molecule has 0 spiro atoms. The van der Waals surface area contributed by atoms with Crippen molar-refractivity contribution in [1.82, 2.24) is 4.98 Å². The average Bonchev–Trinajstić information content (AvgIpc) is 3.03. The quantitative estimate of drug-likeness (QED) is 0.697. The molecular formula is C18H16FNO3S. The van der Waals surface area contributed by atoms with Gasteiger partial charge in [0.15, 0.2) is 9.84 Å². The van der Waals surface area contributed by atoms with Gasteiger partial charge in [0.1, 0.15) is 12.1 Å². The Morgan fingerprint density at radius 3 is 2.42 bits per heavy atom. The fourth-order valence-corrected chi connectivity index (χ4v) is 3.73. The molecule has 1 unspecified atom stereocenters. The van der Waals surface area contributed by atoms with Crippen molar-refractivity contribution in [2.45, 2.75) is 17.9 Å². The molecule has 0 radical (unpaired) electrons. The van der Waals surface area contributed by atoms with E-state index in [0.717, 1.165) is 5.56 Å². The van der Waals surface area contributed by atoms with Gasteiger partial charge in [-0.3, -0.25) is 0 Å². The van der Waals surface area contributed by atoms with E-state index in [2.05, 4.69) is 4.98 Å². The standard InChI is InChI=1S/C18H16FNO3S/c1-13(14-5-3-2-4-6-14)24(21,22)12-17-11-23-18(20-17)15-7-9-16(19)10-8-15/h2-11,13H,12H2,1H3. The molecule has 1 heterocycles. The molecular weight excluding hydrogens is 329 g/mol. The van der Waals surface area contributed by atoms with Gasteiger partial charge < -0.3 is 4.42 Å². The first-order chi connectivity index (χ1) is 11.5. The van der Waals surface area contributed by atoms with E-state index < -0.39 is 15.1 Å². The maximum absolute atomic E-state index is 12.9. The van der Waals surface area contributed by atoms with E-state index in [-0.39, 0.29) is 17.5 Å². The van der Waals surface area contributed by atoms with Gasteiger partial charge in [-0.1, -0.05) is 30.3 Å². The molecule has 3 aromatic rings. The summed E-state index contributed by atoms with van der Waals surface area (Å²) in [6.07, 6.45) is 1.33. The number of benzene rings is 2. The van der Waals surface area contributed by atoms with Gasteiger partial charge in [-0.25, -0.2) is 17.8 Å². The Morgan fingerprint density at radius 1 is 1.08 bits per heavy atom. The van der Waals surface area contributed by atoms with Crippen molar-refractivity contribution in [3.63, 3.8) is 0 Å². The number of nitrogens with zero attached hydrogens (tertiary/aromatic N) is 1. The van der Waals surface area contributed by atoms with E-state index in [1.54, 1.807) is 19.1 Å². The molecule has 6 heteroatoms. The fraction of sp³-hybridized carbons (Fsp3) is 0.167. The average molecular weight is 345 g/mol. The second-order valence-electron chi connectivity index (χ2n) is 5.51. The lowest BCUT2D eigenvalue weighted by molar-refractivity contribution is 0.570. The summed E-state index contributed by atoms with van der Waals surface area (Å²) in [7, 11) is -3.42. The molecule has 0 bridgehead atoms. The van der Waals surface area contributed by atoms with Crippen LogP contribution in [-0.4, -0.2) is 13.4 Å². The molecule has 0 aliphatic rings. The summed E-state index contributed by atoms with van der Waals surface area (Å²) in [5.41, 5.74) is 1.66. The molecule has 4 nitrogen and oxygen atoms in total. The predicted octanol–water partition coefficient (Wildman–Crippen LogP) is 4.16. The maximum atomic E-state index is 12.9. The van der Waals surface area contributed by atoms with E-state index in [0.29, 0.717) is 11.3 Å². The number of oxazole rings is 1. The zero-order chi connectivity index (χ0) is 17.2. The van der Waals surface area contributed by atoms with Crippen LogP contribution in [0.1, 0.15) is 23.4 Å². The first-order valence-electron chi connectivity index (χ1n) is 7.42. The first kappa shape index (κ1) is 16.4. The fourth-order valence-electron chi connectivity index (χ4n) is 2.36. The number of hydrogen-bond acceptors (Lipinski definition) is 4. The molecule has 0 amide bonds. The molecule has 0 fully saturated rings. The van der Waals surface area contributed by atoms with Crippen molar-refractivity contribution in [3.05, 3.63) is 77.9 Å². The van der Waals surface area contributed by atoms with Crippen molar-refractivity contribution in [2.75, 3.05) is 0 Å². The largest absolute Gasteiger partial charge is 0.444 e. The molecule has 0 saturated carbocycles. The van der Waals surface area contributed by atoms with Crippen LogP contribution in [0.15, 0.2) is 65.3 Å². The smallest absolute Gasteiger partial charge is 0.226 e. The zero-order valence-corrected chi connectivity index (χ0v) is 13.8. The van der Waals surface area contributed by atoms with Crippen LogP contribution < -0.4 is 0 Å². The highest BCUT2D eigenvalue weighted by atomic mass is 32.2. The third kappa shape index (κ3) is 3.54. The lowest BCUT2D eigenvalue weighted by Gasteiger charge is -2.11. The Hall–Kier alpha value is -2.47. The summed E-state index contributed by atoms with van der Waals surface area (Å²) in [4.78, 5) is 4.20. The molecule has 3 rings (SSSR count). The van der Waals surface area contributed by atoms with Crippen molar-refractivity contribution in [2.24, 2.45) is 0 Å². The molecule has 0 N–H and O–H groups in total. The number of sulfone groups is 1. The number of halogens is 1. The van der Waals surface area contributed by atoms with E-state index in [4.69, 9.17) is 4.42 Å². The highest BCUT2D eigenvalue weighted by molar-refractivity contribution is 7.90. The summed E-state index contributed by atoms with van der Waals surface area (Å²) in [6.45, 7) is 1.66. The number of hydrogen-bond donors (Lipinski definition) is 0. The van der Waals surface area contributed by atoms with Crippen LogP contribution >= 0.6 is 0 Å². The Kier molecular flexibility index (Phi) is 4.49. The lowest BCUT2D eigenvalue weighted by atomic mass is 10.2. The normalized spacial score (nSPS) is 12.9. The van der Waals surface area contributed by atoms with E-state index in [9.17, 15) is 12.8 Å². The number of rotatable bonds is 5. The summed E-state index contributed by atoms with van der Waals surface area (Å²) >= 11 is 0. The van der Waals surface area contributed by atoms with Crippen LogP contribution in [0, 0.1) is 5.82 Å². The molecule has 1 atom stereocenters. The van der Waals surface area contributed by atoms with Gasteiger partial charge in [-0.15, -0.1) is 0 Å². The van der Waals surface area contributed by atoms with Crippen LogP contribution in [0.4, 0.5) is 4.39 Å². The van der Waals surface area contributed by atoms with Crippen LogP contribution in [0.25, 0.3) is 11.5 Å². The Bertz CT molecular complexity index is 918. The van der Waals surface area contributed by atoms with Gasteiger partial charge in [-0.05, 0) is 36.8 Å². The molecule has 24 heavy (non-hydrogen) atoms. The zero-order valence-electron chi connectivity index (χ0n) is 13.0. The predicted molar refractivity (Wildman–Crippen MR) is 89.4 cm³/mol. The van der Waals surface area contributed by atoms with Gasteiger partial charge in [0.25, 0.3) is 0 Å². The summed E-state index contributed by atoms with van der Waals surface area (Å²) in [6, 6.07) is 14.7. The third-order valence-corrected chi connectivity index (χ3v) is 5.85. The first-order valence-corrected chi connectivity index (χ1v) is 9.14. The number of aromatic nitrogens is 1. The van der Waals surface area contributed by atoms with E-state index in [1.165, 1.54) is 30.5 Å². The lowest BCUT2D eigenvalue weighted by Crippen LogP contribution is -2.13. The molecule has 0 aliphatic heterocycles. The van der Waals surface area contributed by atoms with Gasteiger partial charge >= 0.3 is 0 Å². The molecule has 2 aromatic carbocycles. The minimum Gasteiger partial charge on any atom is -0.444 e. The Labute approximate surface area is 139 Å². The molecule has 124 valence electrons. The summed E-state index contributed by atoms with van der Waals surface area (Å²) in [5, 5.41) is -0.635. The highest BCUT2D eigenvalue weighted by Crippen LogP contribution is 2.26. The molecule has 1 aromatic heterocycles. The Balaban J connectivity index is 1.80. The van der Waals surface area contributed by atoms with Crippen molar-refractivity contribution >= 4 is 9.84 Å². The third-order valence-electron chi connectivity index (χ3n) is 3.80. The molecule has 0 saturated heterocycles. The topological polar surface area (TPSA) is 60.2 Å². The van der Waals surface area contributed by atoms with Crippen LogP contribution in [-0.2, 0) is 15.6 Å².